The Bertz CT molecular complexity index is 232. The van der Waals surface area contributed by atoms with Crippen LogP contribution in [0.4, 0.5) is 0 Å². The Labute approximate surface area is 86.6 Å². The van der Waals surface area contributed by atoms with Crippen LogP contribution in [0.25, 0.3) is 10.4 Å². The van der Waals surface area contributed by atoms with Crippen LogP contribution in [-0.4, -0.2) is 25.3 Å². The molecule has 6 nitrogen and oxygen atoms in total. The topological polar surface area (TPSA) is 106 Å². The summed E-state index contributed by atoms with van der Waals surface area (Å²) in [6.07, 6.45) is 0.0931. The molecule has 0 atom stereocenters. The molecule has 0 amide bonds. The van der Waals surface area contributed by atoms with Crippen LogP contribution in [-0.2, 0) is 10.1 Å². The normalized spacial score (nSPS) is 9.55. The van der Waals surface area contributed by atoms with Gasteiger partial charge in [-0.15, -0.1) is 0 Å². The SMILES string of the molecule is [N-]=[N+]=NCCCS(=O)(=O)[O-].[Na+]. The quantitative estimate of drug-likeness (QED) is 0.119. The summed E-state index contributed by atoms with van der Waals surface area (Å²) in [5.74, 6) is -0.466. The molecule has 0 unspecified atom stereocenters. The van der Waals surface area contributed by atoms with Gasteiger partial charge in [0.15, 0.2) is 0 Å². The van der Waals surface area contributed by atoms with Gasteiger partial charge in [-0.1, -0.05) is 5.11 Å². The first-order valence-electron chi connectivity index (χ1n) is 2.50. The van der Waals surface area contributed by atoms with Crippen molar-refractivity contribution in [1.29, 1.82) is 0 Å². The van der Waals surface area contributed by atoms with Crippen molar-refractivity contribution in [3.05, 3.63) is 10.4 Å². The number of nitrogens with zero attached hydrogens (tertiary/aromatic N) is 3. The van der Waals surface area contributed by atoms with Gasteiger partial charge in [0.1, 0.15) is 0 Å². The van der Waals surface area contributed by atoms with Gasteiger partial charge >= 0.3 is 29.6 Å². The van der Waals surface area contributed by atoms with E-state index in [1.807, 2.05) is 0 Å². The minimum absolute atomic E-state index is 0. The smallest absolute Gasteiger partial charge is 0.748 e. The Morgan fingerprint density at radius 1 is 1.55 bits per heavy atom. The number of azide groups is 1. The van der Waals surface area contributed by atoms with Gasteiger partial charge < -0.3 is 4.55 Å². The maximum atomic E-state index is 9.90. The predicted molar refractivity (Wildman–Crippen MR) is 33.2 cm³/mol. The Kier molecular flexibility index (Phi) is 8.65. The molecule has 0 heterocycles. The molecule has 0 aromatic rings. The molecule has 0 aliphatic rings. The first kappa shape index (κ1) is 13.8. The zero-order valence-corrected chi connectivity index (χ0v) is 8.91. The van der Waals surface area contributed by atoms with E-state index in [9.17, 15) is 13.0 Å². The van der Waals surface area contributed by atoms with Gasteiger partial charge in [-0.05, 0) is 12.0 Å². The third-order valence-corrected chi connectivity index (χ3v) is 1.50. The van der Waals surface area contributed by atoms with Crippen molar-refractivity contribution in [2.75, 3.05) is 12.3 Å². The standard InChI is InChI=1S/C3H7N3O3S.Na/c4-6-5-2-1-3-10(7,8)9;/h1-3H2,(H,7,8,9);/q;+1/p-1. The number of rotatable bonds is 4. The number of hydrogen-bond acceptors (Lipinski definition) is 4. The van der Waals surface area contributed by atoms with E-state index in [0.717, 1.165) is 0 Å². The molecule has 11 heavy (non-hydrogen) atoms. The molecule has 0 spiro atoms. The molecular weight excluding hydrogens is 181 g/mol. The van der Waals surface area contributed by atoms with Crippen molar-refractivity contribution < 1.29 is 42.5 Å². The van der Waals surface area contributed by atoms with Crippen molar-refractivity contribution in [1.82, 2.24) is 0 Å². The molecular formula is C3H6N3NaO3S. The summed E-state index contributed by atoms with van der Waals surface area (Å²) in [5.41, 5.74) is 7.73. The summed E-state index contributed by atoms with van der Waals surface area (Å²) in [5, 5.41) is 3.05. The molecule has 0 saturated heterocycles. The number of hydrogen-bond donors (Lipinski definition) is 0. The van der Waals surface area contributed by atoms with Gasteiger partial charge in [-0.25, -0.2) is 8.42 Å². The van der Waals surface area contributed by atoms with Crippen molar-refractivity contribution in [3.8, 4) is 0 Å². The summed E-state index contributed by atoms with van der Waals surface area (Å²) in [4.78, 5) is 2.38. The van der Waals surface area contributed by atoms with Crippen LogP contribution < -0.4 is 29.6 Å². The van der Waals surface area contributed by atoms with Gasteiger partial charge in [0, 0.05) is 17.2 Å². The van der Waals surface area contributed by atoms with Gasteiger partial charge in [0.2, 0.25) is 0 Å². The monoisotopic (exact) mass is 187 g/mol. The predicted octanol–water partition coefficient (Wildman–Crippen LogP) is -2.76. The van der Waals surface area contributed by atoms with Crippen molar-refractivity contribution in [3.63, 3.8) is 0 Å². The van der Waals surface area contributed by atoms with Crippen molar-refractivity contribution in [2.24, 2.45) is 5.11 Å². The van der Waals surface area contributed by atoms with E-state index < -0.39 is 15.9 Å². The van der Waals surface area contributed by atoms with Gasteiger partial charge in [-0.3, -0.25) is 0 Å². The second-order valence-corrected chi connectivity index (χ2v) is 3.09. The third-order valence-electron chi connectivity index (χ3n) is 0.716. The van der Waals surface area contributed by atoms with E-state index in [1.54, 1.807) is 0 Å². The average Bonchev–Trinajstić information content (AvgIpc) is 1.78. The minimum atomic E-state index is -4.14. The van der Waals surface area contributed by atoms with E-state index >= 15 is 0 Å². The molecule has 0 N–H and O–H groups in total. The summed E-state index contributed by atoms with van der Waals surface area (Å²) in [7, 11) is -4.14. The first-order chi connectivity index (χ1) is 4.56. The van der Waals surface area contributed by atoms with E-state index in [0.29, 0.717) is 0 Å². The Morgan fingerprint density at radius 3 is 2.45 bits per heavy atom. The van der Waals surface area contributed by atoms with Gasteiger partial charge in [-0.2, -0.15) is 0 Å². The van der Waals surface area contributed by atoms with Crippen molar-refractivity contribution in [2.45, 2.75) is 6.42 Å². The van der Waals surface area contributed by atoms with Crippen LogP contribution in [0.5, 0.6) is 0 Å². The van der Waals surface area contributed by atoms with Crippen LogP contribution in [0.1, 0.15) is 6.42 Å². The fourth-order valence-electron chi connectivity index (χ4n) is 0.357. The largest absolute Gasteiger partial charge is 1.00 e. The minimum Gasteiger partial charge on any atom is -0.748 e. The van der Waals surface area contributed by atoms with E-state index in [1.165, 1.54) is 0 Å². The average molecular weight is 187 g/mol. The van der Waals surface area contributed by atoms with Crippen LogP contribution in [0.3, 0.4) is 0 Å². The molecule has 0 fully saturated rings. The zero-order chi connectivity index (χ0) is 8.04. The fraction of sp³-hybridized carbons (Fsp3) is 1.00. The Balaban J connectivity index is 0. The molecule has 0 aliphatic carbocycles. The van der Waals surface area contributed by atoms with Gasteiger partial charge in [0.25, 0.3) is 0 Å². The van der Waals surface area contributed by atoms with Crippen molar-refractivity contribution >= 4 is 10.1 Å². The maximum Gasteiger partial charge on any atom is 1.00 e. The molecule has 0 aromatic carbocycles. The summed E-state index contributed by atoms with van der Waals surface area (Å²) < 4.78 is 29.7. The third kappa shape index (κ3) is 13.2. The summed E-state index contributed by atoms with van der Waals surface area (Å²) in [6.45, 7) is 0.0535. The van der Waals surface area contributed by atoms with Crippen LogP contribution >= 0.6 is 0 Å². The molecule has 0 aromatic heterocycles. The zero-order valence-electron chi connectivity index (χ0n) is 6.10. The summed E-state index contributed by atoms with van der Waals surface area (Å²) >= 11 is 0. The second-order valence-electron chi connectivity index (χ2n) is 1.57. The Hall–Kier alpha value is 0.220. The second kappa shape index (κ2) is 6.90. The van der Waals surface area contributed by atoms with Crippen LogP contribution in [0, 0.1) is 0 Å². The van der Waals surface area contributed by atoms with Crippen LogP contribution in [0.2, 0.25) is 0 Å². The Morgan fingerprint density at radius 2 is 2.09 bits per heavy atom. The van der Waals surface area contributed by atoms with E-state index in [2.05, 4.69) is 10.0 Å². The molecule has 0 rings (SSSR count). The molecule has 0 radical (unpaired) electrons. The molecule has 0 bridgehead atoms. The van der Waals surface area contributed by atoms with Crippen LogP contribution in [0.15, 0.2) is 5.11 Å². The molecule has 8 heteroatoms. The van der Waals surface area contributed by atoms with E-state index in [4.69, 9.17) is 5.53 Å². The van der Waals surface area contributed by atoms with Gasteiger partial charge in [0.05, 0.1) is 10.1 Å². The first-order valence-corrected chi connectivity index (χ1v) is 4.08. The fourth-order valence-corrected chi connectivity index (χ4v) is 0.839. The van der Waals surface area contributed by atoms with E-state index in [-0.39, 0.29) is 42.5 Å². The molecule has 58 valence electrons. The molecule has 0 saturated carbocycles. The summed E-state index contributed by atoms with van der Waals surface area (Å²) in [6, 6.07) is 0. The maximum absolute atomic E-state index is 9.90. The molecule has 0 aliphatic heterocycles.